The molecule has 0 spiro atoms. The van der Waals surface area contributed by atoms with Gasteiger partial charge >= 0.3 is 18.3 Å². The van der Waals surface area contributed by atoms with Gasteiger partial charge in [0.2, 0.25) is 5.91 Å². The van der Waals surface area contributed by atoms with Crippen LogP contribution in [0.4, 0.5) is 32.0 Å². The lowest BCUT2D eigenvalue weighted by molar-refractivity contribution is -0.163. The minimum Gasteiger partial charge on any atom is -0.481 e. The molecule has 2 aromatic rings. The summed E-state index contributed by atoms with van der Waals surface area (Å²) in [5.41, 5.74) is -3.84. The topological polar surface area (TPSA) is 82.1 Å². The van der Waals surface area contributed by atoms with Crippen LogP contribution in [0.2, 0.25) is 0 Å². The Balaban J connectivity index is 1.52. The molecule has 0 bridgehead atoms. The Morgan fingerprint density at radius 2 is 1.65 bits per heavy atom. The molecule has 0 radical (unpaired) electrons. The molecule has 1 saturated carbocycles. The van der Waals surface area contributed by atoms with Crippen LogP contribution in [0.25, 0.3) is 6.08 Å². The highest BCUT2D eigenvalue weighted by molar-refractivity contribution is 7.99. The fourth-order valence-corrected chi connectivity index (χ4v) is 6.75. The predicted molar refractivity (Wildman–Crippen MR) is 163 cm³/mol. The van der Waals surface area contributed by atoms with Gasteiger partial charge in [-0.05, 0) is 68.5 Å². The van der Waals surface area contributed by atoms with Crippen molar-refractivity contribution in [3.05, 3.63) is 59.2 Å². The number of ether oxygens (including phenoxy) is 1. The number of aliphatic carboxylic acids is 1. The quantitative estimate of drug-likeness (QED) is 0.149. The molecule has 1 saturated heterocycles. The van der Waals surface area contributed by atoms with E-state index in [4.69, 9.17) is 4.74 Å². The molecule has 14 heteroatoms. The highest BCUT2D eigenvalue weighted by atomic mass is 32.2. The molecule has 0 unspecified atom stereocenters. The molecular formula is C32H37F6N3O4S. The number of carboxylic acids is 1. The van der Waals surface area contributed by atoms with Gasteiger partial charge in [-0.15, -0.1) is 0 Å². The summed E-state index contributed by atoms with van der Waals surface area (Å²) in [6.07, 6.45) is -6.80. The normalized spacial score (nSPS) is 19.8. The van der Waals surface area contributed by atoms with E-state index < -0.39 is 51.7 Å². The van der Waals surface area contributed by atoms with Gasteiger partial charge in [-0.3, -0.25) is 14.5 Å². The fraction of sp³-hybridized carbons (Fsp3) is 0.500. The molecule has 252 valence electrons. The summed E-state index contributed by atoms with van der Waals surface area (Å²) in [5, 5.41) is 12.5. The summed E-state index contributed by atoms with van der Waals surface area (Å²) < 4.78 is 91.3. The number of hydrogen-bond acceptors (Lipinski definition) is 6. The van der Waals surface area contributed by atoms with E-state index >= 15 is 0 Å². The minimum absolute atomic E-state index is 0.0310. The van der Waals surface area contributed by atoms with Gasteiger partial charge in [0.1, 0.15) is 0 Å². The van der Waals surface area contributed by atoms with Gasteiger partial charge in [-0.1, -0.05) is 23.9 Å². The Kier molecular flexibility index (Phi) is 12.1. The second-order valence-corrected chi connectivity index (χ2v) is 12.4. The molecule has 1 aliphatic carbocycles. The largest absolute Gasteiger partial charge is 0.481 e. The van der Waals surface area contributed by atoms with Crippen LogP contribution in [0, 0.1) is 5.92 Å². The third kappa shape index (κ3) is 9.64. The summed E-state index contributed by atoms with van der Waals surface area (Å²) in [6.45, 7) is 5.46. The lowest BCUT2D eigenvalue weighted by Crippen LogP contribution is -2.49. The van der Waals surface area contributed by atoms with E-state index in [1.54, 1.807) is 18.2 Å². The standard InChI is InChI=1S/C32H37F6N3O4S/c1-2-45-19-18-40-14-16-41(17-15-40)27(42)13-9-21-8-12-26(29(32(36,37)38)28(21)31(33,34)35)46-25-5-3-4-24(20-25)39-23-10-6-22(7-11-23)30(43)44/h3-5,8-9,12-13,20,22-23,39H,2,6-7,10-11,14-19H2,1H3,(H,43,44). The van der Waals surface area contributed by atoms with Crippen molar-refractivity contribution >= 4 is 35.4 Å². The Morgan fingerprint density at radius 1 is 0.978 bits per heavy atom. The highest BCUT2D eigenvalue weighted by Gasteiger charge is 2.46. The van der Waals surface area contributed by atoms with Crippen LogP contribution in [-0.2, 0) is 26.7 Å². The van der Waals surface area contributed by atoms with E-state index in [2.05, 4.69) is 10.2 Å². The molecule has 2 N–H and O–H groups in total. The second-order valence-electron chi connectivity index (χ2n) is 11.3. The van der Waals surface area contributed by atoms with E-state index in [9.17, 15) is 41.0 Å². The first-order valence-electron chi connectivity index (χ1n) is 15.1. The number of carboxylic acid groups (broad SMARTS) is 1. The van der Waals surface area contributed by atoms with Crippen molar-refractivity contribution in [2.45, 2.75) is 60.8 Å². The average Bonchev–Trinajstić information content (AvgIpc) is 3.00. The first-order valence-corrected chi connectivity index (χ1v) is 15.9. The Bertz CT molecular complexity index is 1380. The van der Waals surface area contributed by atoms with Gasteiger partial charge < -0.3 is 20.1 Å². The minimum atomic E-state index is -5.35. The van der Waals surface area contributed by atoms with E-state index in [0.29, 0.717) is 94.0 Å². The Morgan fingerprint density at radius 3 is 2.26 bits per heavy atom. The SMILES string of the molecule is CCOCCN1CCN(C(=O)C=Cc2ccc(Sc3cccc(NC4CCC(C(=O)O)CC4)c3)c(C(F)(F)F)c2C(F)(F)F)CC1. The third-order valence-corrected chi connectivity index (χ3v) is 9.17. The van der Waals surface area contributed by atoms with Gasteiger partial charge in [0, 0.05) is 66.9 Å². The van der Waals surface area contributed by atoms with Crippen LogP contribution in [0.1, 0.15) is 49.3 Å². The number of carbonyl (C=O) groups is 2. The van der Waals surface area contributed by atoms with Crippen molar-refractivity contribution in [3.8, 4) is 0 Å². The van der Waals surface area contributed by atoms with Crippen LogP contribution < -0.4 is 5.32 Å². The molecule has 1 heterocycles. The second kappa shape index (κ2) is 15.6. The number of carbonyl (C=O) groups excluding carboxylic acids is 1. The zero-order valence-corrected chi connectivity index (χ0v) is 26.1. The molecule has 4 rings (SSSR count). The van der Waals surface area contributed by atoms with Crippen molar-refractivity contribution < 1.29 is 45.8 Å². The zero-order valence-electron chi connectivity index (χ0n) is 25.3. The summed E-state index contributed by atoms with van der Waals surface area (Å²) in [6, 6.07) is 8.28. The van der Waals surface area contributed by atoms with Crippen LogP contribution >= 0.6 is 11.8 Å². The van der Waals surface area contributed by atoms with E-state index in [0.717, 1.165) is 24.3 Å². The number of anilines is 1. The summed E-state index contributed by atoms with van der Waals surface area (Å²) in [4.78, 5) is 27.2. The molecule has 0 atom stereocenters. The molecule has 7 nitrogen and oxygen atoms in total. The van der Waals surface area contributed by atoms with Gasteiger partial charge in [-0.2, -0.15) is 26.3 Å². The van der Waals surface area contributed by atoms with Gasteiger partial charge in [0.25, 0.3) is 0 Å². The lowest BCUT2D eigenvalue weighted by atomic mass is 9.86. The maximum Gasteiger partial charge on any atom is 0.418 e. The van der Waals surface area contributed by atoms with Crippen molar-refractivity contribution in [1.82, 2.24) is 9.80 Å². The number of rotatable bonds is 11. The van der Waals surface area contributed by atoms with Crippen LogP contribution in [0.3, 0.4) is 0 Å². The molecule has 1 aliphatic heterocycles. The van der Waals surface area contributed by atoms with E-state index in [-0.39, 0.29) is 6.04 Å². The Hall–Kier alpha value is -3.23. The van der Waals surface area contributed by atoms with Gasteiger partial charge in [0.05, 0.1) is 23.7 Å². The van der Waals surface area contributed by atoms with Crippen molar-refractivity contribution in [2.75, 3.05) is 51.3 Å². The number of nitrogens with zero attached hydrogens (tertiary/aromatic N) is 2. The number of alkyl halides is 6. The van der Waals surface area contributed by atoms with Gasteiger partial charge in [0.15, 0.2) is 0 Å². The molecule has 46 heavy (non-hydrogen) atoms. The van der Waals surface area contributed by atoms with Crippen molar-refractivity contribution in [1.29, 1.82) is 0 Å². The fourth-order valence-electron chi connectivity index (χ4n) is 5.70. The van der Waals surface area contributed by atoms with Crippen molar-refractivity contribution in [3.63, 3.8) is 0 Å². The van der Waals surface area contributed by atoms with Crippen LogP contribution in [0.15, 0.2) is 52.3 Å². The van der Waals surface area contributed by atoms with Crippen LogP contribution in [-0.4, -0.2) is 78.8 Å². The number of halogens is 6. The summed E-state index contributed by atoms with van der Waals surface area (Å²) in [5.74, 6) is -1.83. The monoisotopic (exact) mass is 673 g/mol. The third-order valence-electron chi connectivity index (χ3n) is 8.12. The smallest absolute Gasteiger partial charge is 0.418 e. The molecule has 0 aromatic heterocycles. The molecular weight excluding hydrogens is 636 g/mol. The number of amides is 1. The van der Waals surface area contributed by atoms with Crippen LogP contribution in [0.5, 0.6) is 0 Å². The number of benzene rings is 2. The first kappa shape index (κ1) is 35.6. The molecule has 2 fully saturated rings. The first-order chi connectivity index (χ1) is 21.8. The lowest BCUT2D eigenvalue weighted by Gasteiger charge is -2.34. The predicted octanol–water partition coefficient (Wildman–Crippen LogP) is 7.12. The zero-order chi connectivity index (χ0) is 33.5. The maximum atomic E-state index is 14.4. The highest BCUT2D eigenvalue weighted by Crippen LogP contribution is 2.48. The molecule has 1 amide bonds. The number of nitrogens with one attached hydrogen (secondary N) is 1. The van der Waals surface area contributed by atoms with Crippen molar-refractivity contribution in [2.24, 2.45) is 5.92 Å². The van der Waals surface area contributed by atoms with E-state index in [1.165, 1.54) is 11.0 Å². The summed E-state index contributed by atoms with van der Waals surface area (Å²) in [7, 11) is 0. The van der Waals surface area contributed by atoms with Gasteiger partial charge in [-0.25, -0.2) is 0 Å². The van der Waals surface area contributed by atoms with E-state index in [1.807, 2.05) is 6.92 Å². The number of piperazine rings is 1. The summed E-state index contributed by atoms with van der Waals surface area (Å²) >= 11 is 0.564. The Labute approximate surface area is 268 Å². The number of hydrogen-bond donors (Lipinski definition) is 2. The molecule has 2 aromatic carbocycles. The maximum absolute atomic E-state index is 14.4. The average molecular weight is 674 g/mol. The molecule has 2 aliphatic rings.